The third-order valence-electron chi connectivity index (χ3n) is 3.39. The van der Waals surface area contributed by atoms with Crippen molar-refractivity contribution in [3.05, 3.63) is 18.0 Å². The lowest BCUT2D eigenvalue weighted by Gasteiger charge is -2.15. The highest BCUT2D eigenvalue weighted by Crippen LogP contribution is 2.17. The molecule has 4 nitrogen and oxygen atoms in total. The molecule has 0 unspecified atom stereocenters. The van der Waals surface area contributed by atoms with Crippen molar-refractivity contribution in [1.29, 1.82) is 0 Å². The van der Waals surface area contributed by atoms with E-state index in [4.69, 9.17) is 0 Å². The van der Waals surface area contributed by atoms with Crippen molar-refractivity contribution in [3.63, 3.8) is 0 Å². The molecule has 0 atom stereocenters. The second-order valence-corrected chi connectivity index (χ2v) is 4.72. The van der Waals surface area contributed by atoms with Crippen molar-refractivity contribution in [3.8, 4) is 0 Å². The lowest BCUT2D eigenvalue weighted by molar-refractivity contribution is 0.0927. The van der Waals surface area contributed by atoms with Gasteiger partial charge in [-0.2, -0.15) is 5.10 Å². The largest absolute Gasteiger partial charge is 0.348 e. The van der Waals surface area contributed by atoms with Crippen LogP contribution in [0.5, 0.6) is 0 Å². The van der Waals surface area contributed by atoms with Crippen LogP contribution in [0.2, 0.25) is 0 Å². The molecule has 1 fully saturated rings. The SMILES string of the molecule is CCn1ccc(C(=O)NC2CCCCCC2)n1. The molecule has 2 rings (SSSR count). The van der Waals surface area contributed by atoms with E-state index >= 15 is 0 Å². The molecule has 0 bridgehead atoms. The minimum absolute atomic E-state index is 0.0240. The predicted octanol–water partition coefficient (Wildman–Crippen LogP) is 2.36. The van der Waals surface area contributed by atoms with Crippen LogP contribution in [-0.2, 0) is 6.54 Å². The number of aromatic nitrogens is 2. The van der Waals surface area contributed by atoms with Gasteiger partial charge in [0.05, 0.1) is 0 Å². The van der Waals surface area contributed by atoms with Crippen molar-refractivity contribution in [2.75, 3.05) is 0 Å². The molecule has 1 aliphatic rings. The van der Waals surface area contributed by atoms with Gasteiger partial charge in [-0.15, -0.1) is 0 Å². The third-order valence-corrected chi connectivity index (χ3v) is 3.39. The highest BCUT2D eigenvalue weighted by molar-refractivity contribution is 5.92. The molecule has 0 saturated heterocycles. The molecule has 1 aromatic heterocycles. The van der Waals surface area contributed by atoms with Crippen LogP contribution in [-0.4, -0.2) is 21.7 Å². The molecule has 1 aliphatic carbocycles. The van der Waals surface area contributed by atoms with Gasteiger partial charge in [0.2, 0.25) is 0 Å². The first-order valence-electron chi connectivity index (χ1n) is 6.64. The fourth-order valence-electron chi connectivity index (χ4n) is 2.34. The second-order valence-electron chi connectivity index (χ2n) is 4.72. The Morgan fingerprint density at radius 2 is 2.12 bits per heavy atom. The smallest absolute Gasteiger partial charge is 0.271 e. The number of rotatable bonds is 3. The molecule has 1 heterocycles. The van der Waals surface area contributed by atoms with E-state index in [0.717, 1.165) is 19.4 Å². The lowest BCUT2D eigenvalue weighted by atomic mass is 10.1. The molecule has 1 aromatic rings. The number of hydrogen-bond donors (Lipinski definition) is 1. The summed E-state index contributed by atoms with van der Waals surface area (Å²) in [6, 6.07) is 2.13. The van der Waals surface area contributed by atoms with Crippen LogP contribution >= 0.6 is 0 Å². The summed E-state index contributed by atoms with van der Waals surface area (Å²) in [5.41, 5.74) is 0.538. The number of nitrogens with zero attached hydrogens (tertiary/aromatic N) is 2. The van der Waals surface area contributed by atoms with Crippen molar-refractivity contribution in [2.45, 2.75) is 58.0 Å². The fraction of sp³-hybridized carbons (Fsp3) is 0.692. The normalized spacial score (nSPS) is 17.7. The third kappa shape index (κ3) is 3.32. The zero-order valence-corrected chi connectivity index (χ0v) is 10.5. The number of carbonyl (C=O) groups is 1. The van der Waals surface area contributed by atoms with Crippen LogP contribution in [0.15, 0.2) is 12.3 Å². The number of amides is 1. The summed E-state index contributed by atoms with van der Waals surface area (Å²) in [5.74, 6) is -0.0240. The molecule has 1 amide bonds. The van der Waals surface area contributed by atoms with E-state index in [1.807, 2.05) is 13.1 Å². The van der Waals surface area contributed by atoms with Gasteiger partial charge in [-0.05, 0) is 25.8 Å². The minimum atomic E-state index is -0.0240. The number of nitrogens with one attached hydrogen (secondary N) is 1. The monoisotopic (exact) mass is 235 g/mol. The topological polar surface area (TPSA) is 46.9 Å². The molecule has 94 valence electrons. The van der Waals surface area contributed by atoms with Gasteiger partial charge in [-0.25, -0.2) is 0 Å². The van der Waals surface area contributed by atoms with E-state index in [2.05, 4.69) is 10.4 Å². The van der Waals surface area contributed by atoms with Crippen molar-refractivity contribution >= 4 is 5.91 Å². The van der Waals surface area contributed by atoms with Gasteiger partial charge in [-0.1, -0.05) is 25.7 Å². The van der Waals surface area contributed by atoms with E-state index in [1.165, 1.54) is 25.7 Å². The standard InChI is InChI=1S/C13H21N3O/c1-2-16-10-9-12(15-16)13(17)14-11-7-5-3-4-6-8-11/h9-11H,2-8H2,1H3,(H,14,17). The van der Waals surface area contributed by atoms with Crippen LogP contribution in [0.1, 0.15) is 55.9 Å². The first-order chi connectivity index (χ1) is 8.29. The van der Waals surface area contributed by atoms with Crippen LogP contribution in [0.3, 0.4) is 0 Å². The zero-order valence-electron chi connectivity index (χ0n) is 10.5. The summed E-state index contributed by atoms with van der Waals surface area (Å²) < 4.78 is 1.78. The molecular weight excluding hydrogens is 214 g/mol. The Morgan fingerprint density at radius 1 is 1.41 bits per heavy atom. The lowest BCUT2D eigenvalue weighted by Crippen LogP contribution is -2.34. The maximum Gasteiger partial charge on any atom is 0.271 e. The highest BCUT2D eigenvalue weighted by Gasteiger charge is 2.16. The molecule has 0 radical (unpaired) electrons. The van der Waals surface area contributed by atoms with E-state index in [-0.39, 0.29) is 5.91 Å². The Bertz CT molecular complexity index is 364. The molecule has 0 aliphatic heterocycles. The fourth-order valence-corrected chi connectivity index (χ4v) is 2.34. The molecule has 17 heavy (non-hydrogen) atoms. The summed E-state index contributed by atoms with van der Waals surface area (Å²) in [6.07, 6.45) is 9.14. The van der Waals surface area contributed by atoms with Crippen LogP contribution in [0.4, 0.5) is 0 Å². The molecule has 0 spiro atoms. The van der Waals surface area contributed by atoms with Gasteiger partial charge in [0, 0.05) is 18.8 Å². The van der Waals surface area contributed by atoms with Gasteiger partial charge in [0.25, 0.3) is 5.91 Å². The van der Waals surface area contributed by atoms with E-state index < -0.39 is 0 Å². The number of carbonyl (C=O) groups excluding carboxylic acids is 1. The molecule has 1 N–H and O–H groups in total. The van der Waals surface area contributed by atoms with Gasteiger partial charge in [-0.3, -0.25) is 9.48 Å². The van der Waals surface area contributed by atoms with Crippen LogP contribution in [0.25, 0.3) is 0 Å². The van der Waals surface area contributed by atoms with Crippen LogP contribution < -0.4 is 5.32 Å². The summed E-state index contributed by atoms with van der Waals surface area (Å²) in [4.78, 5) is 12.0. The average Bonchev–Trinajstić information content (AvgIpc) is 2.68. The molecular formula is C13H21N3O. The number of hydrogen-bond acceptors (Lipinski definition) is 2. The van der Waals surface area contributed by atoms with Crippen LogP contribution in [0, 0.1) is 0 Å². The van der Waals surface area contributed by atoms with Gasteiger partial charge >= 0.3 is 0 Å². The van der Waals surface area contributed by atoms with Gasteiger partial charge in [0.15, 0.2) is 0 Å². The van der Waals surface area contributed by atoms with Gasteiger partial charge in [0.1, 0.15) is 5.69 Å². The Hall–Kier alpha value is -1.32. The molecule has 1 saturated carbocycles. The Labute approximate surface area is 102 Å². The maximum absolute atomic E-state index is 12.0. The van der Waals surface area contributed by atoms with E-state index in [9.17, 15) is 4.79 Å². The zero-order chi connectivity index (χ0) is 12.1. The Morgan fingerprint density at radius 3 is 2.71 bits per heavy atom. The van der Waals surface area contributed by atoms with Crippen molar-refractivity contribution in [1.82, 2.24) is 15.1 Å². The quantitative estimate of drug-likeness (QED) is 0.817. The molecule has 0 aromatic carbocycles. The second kappa shape index (κ2) is 5.84. The summed E-state index contributed by atoms with van der Waals surface area (Å²) in [5, 5.41) is 7.32. The molecule has 4 heteroatoms. The Balaban J connectivity index is 1.91. The summed E-state index contributed by atoms with van der Waals surface area (Å²) in [7, 11) is 0. The first-order valence-corrected chi connectivity index (χ1v) is 6.64. The van der Waals surface area contributed by atoms with E-state index in [0.29, 0.717) is 11.7 Å². The first kappa shape index (κ1) is 12.1. The minimum Gasteiger partial charge on any atom is -0.348 e. The highest BCUT2D eigenvalue weighted by atomic mass is 16.2. The van der Waals surface area contributed by atoms with Crippen molar-refractivity contribution in [2.24, 2.45) is 0 Å². The van der Waals surface area contributed by atoms with E-state index in [1.54, 1.807) is 10.7 Å². The Kier molecular flexibility index (Phi) is 4.18. The maximum atomic E-state index is 12.0. The summed E-state index contributed by atoms with van der Waals surface area (Å²) in [6.45, 7) is 2.82. The van der Waals surface area contributed by atoms with Crippen molar-refractivity contribution < 1.29 is 4.79 Å². The predicted molar refractivity (Wildman–Crippen MR) is 66.9 cm³/mol. The number of aryl methyl sites for hydroxylation is 1. The van der Waals surface area contributed by atoms with Gasteiger partial charge < -0.3 is 5.32 Å². The summed E-state index contributed by atoms with van der Waals surface area (Å²) >= 11 is 0. The average molecular weight is 235 g/mol.